The van der Waals surface area contributed by atoms with Crippen molar-refractivity contribution in [3.63, 3.8) is 0 Å². The van der Waals surface area contributed by atoms with Gasteiger partial charge in [0, 0.05) is 28.4 Å². The lowest BCUT2D eigenvalue weighted by Gasteiger charge is -2.48. The van der Waals surface area contributed by atoms with Crippen LogP contribution in [0.2, 0.25) is 0 Å². The molecule has 0 radical (unpaired) electrons. The van der Waals surface area contributed by atoms with E-state index < -0.39 is 90.8 Å². The number of nitrogens with zero attached hydrogens (tertiary/aromatic N) is 7. The third-order valence-corrected chi connectivity index (χ3v) is 6.50. The molecule has 0 aromatic heterocycles. The predicted octanol–water partition coefficient (Wildman–Crippen LogP) is -1.87. The van der Waals surface area contributed by atoms with Gasteiger partial charge in [-0.3, -0.25) is 10.1 Å². The number of aliphatic hydroxyl groups excluding tert-OH is 5. The average molecular weight is 584 g/mol. The van der Waals surface area contributed by atoms with Gasteiger partial charge in [0.2, 0.25) is 12.1 Å². The van der Waals surface area contributed by atoms with E-state index >= 15 is 0 Å². The maximum atomic E-state index is 12.2. The molecule has 2 aliphatic heterocycles. The molecule has 20 nitrogen and oxygen atoms in total. The van der Waals surface area contributed by atoms with Gasteiger partial charge in [0.1, 0.15) is 36.1 Å². The molecule has 2 aliphatic rings. The summed E-state index contributed by atoms with van der Waals surface area (Å²) in [4.78, 5) is 27.5. The van der Waals surface area contributed by atoms with Gasteiger partial charge in [-0.2, -0.15) is 0 Å². The molecule has 0 aliphatic carbocycles. The number of carbonyl (C=O) groups is 1. The fourth-order valence-electron chi connectivity index (χ4n) is 4.36. The molecular weight excluding hydrogens is 558 g/mol. The van der Waals surface area contributed by atoms with Crippen LogP contribution in [0.1, 0.15) is 13.3 Å². The lowest BCUT2D eigenvalue weighted by atomic mass is 9.88. The van der Waals surface area contributed by atoms with E-state index in [1.165, 1.54) is 19.1 Å². The summed E-state index contributed by atoms with van der Waals surface area (Å²) in [7, 11) is 0. The number of carboxylic acids is 1. The summed E-state index contributed by atoms with van der Waals surface area (Å²) in [5.74, 6) is -4.90. The Morgan fingerprint density at radius 3 is 2.39 bits per heavy atom. The van der Waals surface area contributed by atoms with Crippen molar-refractivity contribution < 1.29 is 59.3 Å². The molecule has 20 heteroatoms. The summed E-state index contributed by atoms with van der Waals surface area (Å²) in [5, 5.41) is 81.6. The molecule has 41 heavy (non-hydrogen) atoms. The highest BCUT2D eigenvalue weighted by molar-refractivity contribution is 5.73. The topological polar surface area (TPSA) is 319 Å². The minimum absolute atomic E-state index is 0.0259. The van der Waals surface area contributed by atoms with Gasteiger partial charge in [0.25, 0.3) is 5.69 Å². The van der Waals surface area contributed by atoms with E-state index in [9.17, 15) is 45.5 Å². The van der Waals surface area contributed by atoms with Crippen LogP contribution in [-0.2, 0) is 19.0 Å². The smallest absolute Gasteiger partial charge is 0.269 e. The SMILES string of the molecule is C[C@@H](O)[C@@H](N=[N+]=[N-])C1O[C@@](OCC2O[C@@H](Oc3ccc([N+](=O)[O-])cc3)C(O)[C@@H](O)[C@H]2O)(C(=O)[O-])C[C@@H](O)[C@H]1N=[N+]=[N-]. The highest BCUT2D eigenvalue weighted by Crippen LogP contribution is 2.36. The van der Waals surface area contributed by atoms with E-state index in [2.05, 4.69) is 20.1 Å². The molecule has 3 unspecified atom stereocenters. The third kappa shape index (κ3) is 6.92. The second kappa shape index (κ2) is 13.2. The summed E-state index contributed by atoms with van der Waals surface area (Å²) in [6.07, 6.45) is -14.7. The minimum atomic E-state index is -2.83. The van der Waals surface area contributed by atoms with Crippen molar-refractivity contribution in [2.75, 3.05) is 6.61 Å². The average Bonchev–Trinajstić information content (AvgIpc) is 2.92. The molecule has 3 rings (SSSR count). The fourth-order valence-corrected chi connectivity index (χ4v) is 4.36. The van der Waals surface area contributed by atoms with Crippen LogP contribution in [0, 0.1) is 10.1 Å². The Bertz CT molecular complexity index is 1170. The Balaban J connectivity index is 1.84. The van der Waals surface area contributed by atoms with Crippen molar-refractivity contribution in [2.45, 2.75) is 80.2 Å². The molecule has 0 spiro atoms. The minimum Gasteiger partial charge on any atom is -0.544 e. The van der Waals surface area contributed by atoms with Gasteiger partial charge in [0.05, 0.1) is 41.9 Å². The number of aliphatic carboxylic acids is 1. The van der Waals surface area contributed by atoms with Gasteiger partial charge in [-0.05, 0) is 30.1 Å². The molecule has 0 bridgehead atoms. The molecular formula is C21H26N7O13-. The standard InChI is InChI=1S/C21H27N7O13/c1-8(29)13(24-26-22)18-14(25-27-23)11(30)6-21(41-18,20(34)35)38-7-12-15(31)16(32)17(33)19(40-12)39-10-4-2-9(3-5-10)28(36)37/h2-5,8,11-19,29-33H,6-7H2,1H3,(H,34,35)/p-1/t8-,11-,12?,13-,14-,15+,16+,17?,18?,19-,21-/m1/s1. The molecule has 11 atom stereocenters. The Morgan fingerprint density at radius 1 is 1.20 bits per heavy atom. The van der Waals surface area contributed by atoms with E-state index in [0.717, 1.165) is 12.1 Å². The van der Waals surface area contributed by atoms with Crippen molar-refractivity contribution in [2.24, 2.45) is 10.2 Å². The summed E-state index contributed by atoms with van der Waals surface area (Å²) < 4.78 is 21.8. The Kier molecular flexibility index (Phi) is 10.2. The van der Waals surface area contributed by atoms with E-state index in [-0.39, 0.29) is 11.4 Å². The Labute approximate surface area is 229 Å². The number of carbonyl (C=O) groups excluding carboxylic acids is 1. The highest BCUT2D eigenvalue weighted by atomic mass is 16.7. The van der Waals surface area contributed by atoms with Crippen molar-refractivity contribution in [3.8, 4) is 5.75 Å². The summed E-state index contributed by atoms with van der Waals surface area (Å²) in [6.45, 7) is 0.286. The number of hydrogen-bond acceptors (Lipinski definition) is 15. The zero-order chi connectivity index (χ0) is 30.5. The summed E-state index contributed by atoms with van der Waals surface area (Å²) in [6, 6.07) is 1.46. The van der Waals surface area contributed by atoms with Crippen LogP contribution in [0.25, 0.3) is 20.9 Å². The predicted molar refractivity (Wildman–Crippen MR) is 127 cm³/mol. The first kappa shape index (κ1) is 31.7. The number of rotatable bonds is 11. The van der Waals surface area contributed by atoms with Crippen LogP contribution in [0.15, 0.2) is 34.5 Å². The first-order valence-corrected chi connectivity index (χ1v) is 11.9. The summed E-state index contributed by atoms with van der Waals surface area (Å²) >= 11 is 0. The van der Waals surface area contributed by atoms with Gasteiger partial charge in [0.15, 0.2) is 0 Å². The number of ether oxygens (including phenoxy) is 4. The van der Waals surface area contributed by atoms with Gasteiger partial charge < -0.3 is 54.4 Å². The summed E-state index contributed by atoms with van der Waals surface area (Å²) in [5.41, 5.74) is 17.5. The van der Waals surface area contributed by atoms with Crippen LogP contribution in [0.4, 0.5) is 5.69 Å². The molecule has 5 N–H and O–H groups in total. The number of nitro groups is 1. The maximum Gasteiger partial charge on any atom is 0.269 e. The Morgan fingerprint density at radius 2 is 1.85 bits per heavy atom. The molecule has 1 aromatic carbocycles. The first-order valence-electron chi connectivity index (χ1n) is 11.9. The van der Waals surface area contributed by atoms with E-state index in [1.807, 2.05) is 0 Å². The second-order valence-corrected chi connectivity index (χ2v) is 9.22. The molecule has 2 fully saturated rings. The van der Waals surface area contributed by atoms with Crippen LogP contribution in [0.3, 0.4) is 0 Å². The molecule has 0 amide bonds. The second-order valence-electron chi connectivity index (χ2n) is 9.22. The number of azide groups is 2. The molecule has 1 aromatic rings. The third-order valence-electron chi connectivity index (χ3n) is 6.50. The van der Waals surface area contributed by atoms with Crippen LogP contribution in [-0.4, -0.2) is 110 Å². The molecule has 2 saturated heterocycles. The molecule has 224 valence electrons. The van der Waals surface area contributed by atoms with Gasteiger partial charge >= 0.3 is 0 Å². The van der Waals surface area contributed by atoms with Crippen molar-refractivity contribution in [3.05, 3.63) is 55.3 Å². The highest BCUT2D eigenvalue weighted by Gasteiger charge is 2.53. The Hall–Kier alpha value is -3.81. The zero-order valence-electron chi connectivity index (χ0n) is 21.1. The number of nitro benzene ring substituents is 1. The zero-order valence-corrected chi connectivity index (χ0v) is 21.1. The van der Waals surface area contributed by atoms with E-state index in [4.69, 9.17) is 30.0 Å². The monoisotopic (exact) mass is 584 g/mol. The number of aliphatic hydroxyl groups is 5. The number of hydrogen-bond donors (Lipinski definition) is 5. The van der Waals surface area contributed by atoms with Crippen molar-refractivity contribution in [1.82, 2.24) is 0 Å². The van der Waals surface area contributed by atoms with Crippen LogP contribution in [0.5, 0.6) is 5.75 Å². The fraction of sp³-hybridized carbons (Fsp3) is 0.667. The molecule has 2 heterocycles. The number of benzene rings is 1. The maximum absolute atomic E-state index is 12.2. The normalized spacial score (nSPS) is 34.8. The largest absolute Gasteiger partial charge is 0.544 e. The van der Waals surface area contributed by atoms with Crippen molar-refractivity contribution in [1.29, 1.82) is 0 Å². The number of carboxylic acid groups (broad SMARTS) is 1. The van der Waals surface area contributed by atoms with Crippen molar-refractivity contribution >= 4 is 11.7 Å². The van der Waals surface area contributed by atoms with Crippen LogP contribution >= 0.6 is 0 Å². The quantitative estimate of drug-likeness (QED) is 0.0626. The van der Waals surface area contributed by atoms with Gasteiger partial charge in [-0.1, -0.05) is 10.2 Å². The number of non-ortho nitro benzene ring substituents is 1. The van der Waals surface area contributed by atoms with E-state index in [0.29, 0.717) is 0 Å². The lowest BCUT2D eigenvalue weighted by molar-refractivity contribution is -0.385. The molecule has 0 saturated carbocycles. The van der Waals surface area contributed by atoms with Gasteiger partial charge in [-0.25, -0.2) is 0 Å². The first-order chi connectivity index (χ1) is 19.3. The lowest BCUT2D eigenvalue weighted by Crippen LogP contribution is -2.66. The van der Waals surface area contributed by atoms with E-state index in [1.54, 1.807) is 0 Å². The van der Waals surface area contributed by atoms with Crippen LogP contribution < -0.4 is 9.84 Å². The van der Waals surface area contributed by atoms with Gasteiger partial charge in [-0.15, -0.1) is 0 Å².